The molecule has 0 spiro atoms. The normalized spacial score (nSPS) is 13.3. The van der Waals surface area contributed by atoms with Crippen molar-refractivity contribution in [2.75, 3.05) is 18.6 Å². The van der Waals surface area contributed by atoms with E-state index in [9.17, 15) is 34.2 Å². The molecular formula is C20H28N4O8S. The van der Waals surface area contributed by atoms with E-state index in [-0.39, 0.29) is 18.6 Å². The molecule has 3 unspecified atom stereocenters. The average molecular weight is 485 g/mol. The van der Waals surface area contributed by atoms with Gasteiger partial charge in [0.1, 0.15) is 17.8 Å². The number of aromatic hydroxyl groups is 1. The van der Waals surface area contributed by atoms with Crippen LogP contribution in [0.1, 0.15) is 18.4 Å². The van der Waals surface area contributed by atoms with Crippen LogP contribution in [-0.4, -0.2) is 81.7 Å². The molecule has 0 heterocycles. The van der Waals surface area contributed by atoms with Crippen molar-refractivity contribution >= 4 is 41.4 Å². The number of carboxylic acids is 2. The zero-order valence-electron chi connectivity index (χ0n) is 17.9. The van der Waals surface area contributed by atoms with E-state index >= 15 is 0 Å². The second kappa shape index (κ2) is 14.0. The Bertz CT molecular complexity index is 849. The van der Waals surface area contributed by atoms with Crippen LogP contribution in [0.15, 0.2) is 24.3 Å². The number of hydrogen-bond donors (Lipinski definition) is 7. The molecule has 12 nitrogen and oxygen atoms in total. The number of thioether (sulfide) groups is 1. The zero-order chi connectivity index (χ0) is 25.0. The minimum absolute atomic E-state index is 0.0623. The number of benzene rings is 1. The first-order valence-corrected chi connectivity index (χ1v) is 11.3. The van der Waals surface area contributed by atoms with Crippen molar-refractivity contribution in [3.05, 3.63) is 29.8 Å². The van der Waals surface area contributed by atoms with Crippen molar-refractivity contribution in [3.8, 4) is 5.75 Å². The number of carbonyl (C=O) groups is 5. The molecule has 8 N–H and O–H groups in total. The van der Waals surface area contributed by atoms with Crippen LogP contribution < -0.4 is 21.7 Å². The first-order chi connectivity index (χ1) is 15.5. The van der Waals surface area contributed by atoms with E-state index in [2.05, 4.69) is 16.0 Å². The second-order valence-corrected chi connectivity index (χ2v) is 8.08. The fraction of sp³-hybridized carbons (Fsp3) is 0.450. The van der Waals surface area contributed by atoms with Crippen LogP contribution in [0.25, 0.3) is 0 Å². The van der Waals surface area contributed by atoms with Crippen LogP contribution in [0.2, 0.25) is 0 Å². The van der Waals surface area contributed by atoms with Gasteiger partial charge in [-0.3, -0.25) is 19.2 Å². The maximum absolute atomic E-state index is 12.4. The lowest BCUT2D eigenvalue weighted by molar-refractivity contribution is -0.143. The number of carbonyl (C=O) groups excluding carboxylic acids is 3. The van der Waals surface area contributed by atoms with Crippen molar-refractivity contribution < 1.29 is 39.3 Å². The van der Waals surface area contributed by atoms with Crippen LogP contribution >= 0.6 is 11.8 Å². The van der Waals surface area contributed by atoms with Gasteiger partial charge in [-0.25, -0.2) is 4.79 Å². The van der Waals surface area contributed by atoms with E-state index in [1.54, 1.807) is 18.4 Å². The van der Waals surface area contributed by atoms with E-state index in [4.69, 9.17) is 10.8 Å². The summed E-state index contributed by atoms with van der Waals surface area (Å²) in [6, 6.07) is 2.30. The van der Waals surface area contributed by atoms with Gasteiger partial charge >= 0.3 is 11.9 Å². The van der Waals surface area contributed by atoms with Gasteiger partial charge < -0.3 is 37.0 Å². The Hall–Kier alpha value is -3.32. The van der Waals surface area contributed by atoms with E-state index in [0.717, 1.165) is 0 Å². The van der Waals surface area contributed by atoms with Crippen LogP contribution in [-0.2, 0) is 30.4 Å². The summed E-state index contributed by atoms with van der Waals surface area (Å²) in [5, 5.41) is 34.2. The number of nitrogens with two attached hydrogens (primary N) is 1. The number of hydrogen-bond acceptors (Lipinski definition) is 8. The largest absolute Gasteiger partial charge is 0.508 e. The monoisotopic (exact) mass is 484 g/mol. The Morgan fingerprint density at radius 2 is 1.64 bits per heavy atom. The minimum Gasteiger partial charge on any atom is -0.508 e. The van der Waals surface area contributed by atoms with Crippen LogP contribution in [0.4, 0.5) is 0 Å². The quantitative estimate of drug-likeness (QED) is 0.165. The fourth-order valence-electron chi connectivity index (χ4n) is 2.67. The summed E-state index contributed by atoms with van der Waals surface area (Å²) in [5.41, 5.74) is 6.49. The van der Waals surface area contributed by atoms with Crippen molar-refractivity contribution in [1.29, 1.82) is 0 Å². The van der Waals surface area contributed by atoms with Gasteiger partial charge in [0.25, 0.3) is 0 Å². The van der Waals surface area contributed by atoms with Crippen molar-refractivity contribution in [1.82, 2.24) is 16.0 Å². The maximum Gasteiger partial charge on any atom is 0.326 e. The number of carboxylic acid groups (broad SMARTS) is 2. The molecule has 1 aromatic carbocycles. The Labute approximate surface area is 194 Å². The molecule has 1 rings (SSSR count). The third kappa shape index (κ3) is 10.7. The molecule has 0 aliphatic carbocycles. The molecule has 33 heavy (non-hydrogen) atoms. The molecule has 0 bridgehead atoms. The highest BCUT2D eigenvalue weighted by molar-refractivity contribution is 7.98. The zero-order valence-corrected chi connectivity index (χ0v) is 18.8. The molecule has 0 radical (unpaired) electrons. The highest BCUT2D eigenvalue weighted by Gasteiger charge is 2.28. The van der Waals surface area contributed by atoms with Crippen LogP contribution in [0, 0.1) is 0 Å². The van der Waals surface area contributed by atoms with E-state index in [0.29, 0.717) is 11.3 Å². The van der Waals surface area contributed by atoms with Crippen molar-refractivity contribution in [2.45, 2.75) is 37.4 Å². The third-order valence-corrected chi connectivity index (χ3v) is 5.05. The number of phenols is 1. The van der Waals surface area contributed by atoms with Gasteiger partial charge in [0.2, 0.25) is 17.7 Å². The fourth-order valence-corrected chi connectivity index (χ4v) is 3.14. The average Bonchev–Trinajstić information content (AvgIpc) is 2.75. The number of amides is 3. The molecular weight excluding hydrogens is 456 g/mol. The van der Waals surface area contributed by atoms with Crippen molar-refractivity contribution in [2.24, 2.45) is 5.73 Å². The standard InChI is InChI=1S/C20H28N4O8S/c1-33-7-6-14(20(31)32)24-19(30)15(9-17(27)28)23-16(26)10-22-18(29)13(21)8-11-2-4-12(25)5-3-11/h2-5,13-15,25H,6-10,21H2,1H3,(H,22,29)(H,23,26)(H,24,30)(H,27,28)(H,31,32). The molecule has 0 aliphatic rings. The minimum atomic E-state index is -1.53. The Morgan fingerprint density at radius 1 is 1.00 bits per heavy atom. The Balaban J connectivity index is 2.63. The maximum atomic E-state index is 12.4. The van der Waals surface area contributed by atoms with Crippen LogP contribution in [0.3, 0.4) is 0 Å². The molecule has 0 aliphatic heterocycles. The molecule has 1 aromatic rings. The van der Waals surface area contributed by atoms with Crippen LogP contribution in [0.5, 0.6) is 5.75 Å². The lowest BCUT2D eigenvalue weighted by atomic mass is 10.1. The van der Waals surface area contributed by atoms with Crippen molar-refractivity contribution in [3.63, 3.8) is 0 Å². The highest BCUT2D eigenvalue weighted by Crippen LogP contribution is 2.10. The van der Waals surface area contributed by atoms with Gasteiger partial charge in [-0.1, -0.05) is 12.1 Å². The van der Waals surface area contributed by atoms with Gasteiger partial charge in [-0.2, -0.15) is 11.8 Å². The molecule has 0 aromatic heterocycles. The summed E-state index contributed by atoms with van der Waals surface area (Å²) in [6.45, 7) is -0.569. The van der Waals surface area contributed by atoms with E-state index < -0.39 is 60.8 Å². The van der Waals surface area contributed by atoms with Gasteiger partial charge in [-0.15, -0.1) is 0 Å². The lowest BCUT2D eigenvalue weighted by Gasteiger charge is -2.20. The molecule has 3 amide bonds. The predicted octanol–water partition coefficient (Wildman–Crippen LogP) is -1.34. The summed E-state index contributed by atoms with van der Waals surface area (Å²) in [6.07, 6.45) is 1.25. The summed E-state index contributed by atoms with van der Waals surface area (Å²) < 4.78 is 0. The first kappa shape index (κ1) is 27.7. The second-order valence-electron chi connectivity index (χ2n) is 7.09. The summed E-state index contributed by atoms with van der Waals surface area (Å²) >= 11 is 1.38. The summed E-state index contributed by atoms with van der Waals surface area (Å²) in [5.74, 6) is -4.62. The molecule has 0 saturated carbocycles. The number of aliphatic carboxylic acids is 2. The molecule has 0 fully saturated rings. The first-order valence-electron chi connectivity index (χ1n) is 9.88. The van der Waals surface area contributed by atoms with E-state index in [1.807, 2.05) is 0 Å². The third-order valence-electron chi connectivity index (χ3n) is 4.41. The molecule has 13 heteroatoms. The summed E-state index contributed by atoms with van der Waals surface area (Å²) in [4.78, 5) is 59.1. The Kier molecular flexibility index (Phi) is 11.7. The molecule has 3 atom stereocenters. The Morgan fingerprint density at radius 3 is 2.18 bits per heavy atom. The van der Waals surface area contributed by atoms with Gasteiger partial charge in [0.15, 0.2) is 0 Å². The predicted molar refractivity (Wildman–Crippen MR) is 120 cm³/mol. The van der Waals surface area contributed by atoms with Gasteiger partial charge in [-0.05, 0) is 42.5 Å². The summed E-state index contributed by atoms with van der Waals surface area (Å²) in [7, 11) is 0. The number of rotatable bonds is 14. The number of phenolic OH excluding ortho intramolecular Hbond substituents is 1. The van der Waals surface area contributed by atoms with Gasteiger partial charge in [0, 0.05) is 0 Å². The van der Waals surface area contributed by atoms with E-state index in [1.165, 1.54) is 23.9 Å². The topological polar surface area (TPSA) is 208 Å². The van der Waals surface area contributed by atoms with Gasteiger partial charge in [0.05, 0.1) is 19.0 Å². The smallest absolute Gasteiger partial charge is 0.326 e. The lowest BCUT2D eigenvalue weighted by Crippen LogP contribution is -2.54. The SMILES string of the molecule is CSCCC(NC(=O)C(CC(=O)O)NC(=O)CNC(=O)C(N)Cc1ccc(O)cc1)C(=O)O. The molecule has 182 valence electrons. The highest BCUT2D eigenvalue weighted by atomic mass is 32.2. The molecule has 0 saturated heterocycles. The number of nitrogens with one attached hydrogen (secondary N) is 3.